The van der Waals surface area contributed by atoms with Crippen molar-refractivity contribution in [2.45, 2.75) is 29.6 Å². The van der Waals surface area contributed by atoms with Crippen LogP contribution in [-0.4, -0.2) is 27.3 Å². The topological polar surface area (TPSA) is 17.1 Å². The van der Waals surface area contributed by atoms with Crippen molar-refractivity contribution in [2.75, 3.05) is 5.75 Å². The van der Waals surface area contributed by atoms with Crippen molar-refractivity contribution < 1.29 is 13.6 Å². The Morgan fingerprint density at radius 1 is 1.28 bits per heavy atom. The van der Waals surface area contributed by atoms with Gasteiger partial charge in [0.15, 0.2) is 5.78 Å². The summed E-state index contributed by atoms with van der Waals surface area (Å²) in [6.07, 6.45) is 0. The molecular formula is C13H14F2OS2. The first-order chi connectivity index (χ1) is 8.49. The molecule has 0 bridgehead atoms. The van der Waals surface area contributed by atoms with Gasteiger partial charge in [-0.1, -0.05) is 13.8 Å². The molecule has 0 radical (unpaired) electrons. The molecule has 0 spiro atoms. The molecule has 3 atom stereocenters. The molecule has 1 fully saturated rings. The first-order valence-electron chi connectivity index (χ1n) is 5.75. The molecule has 1 aliphatic rings. The van der Waals surface area contributed by atoms with Gasteiger partial charge in [0.1, 0.15) is 11.6 Å². The van der Waals surface area contributed by atoms with Crippen LogP contribution >= 0.6 is 23.5 Å². The summed E-state index contributed by atoms with van der Waals surface area (Å²) in [5.41, 5.74) is -0.130. The van der Waals surface area contributed by atoms with Crippen molar-refractivity contribution in [3.8, 4) is 0 Å². The Labute approximate surface area is 114 Å². The van der Waals surface area contributed by atoms with E-state index in [0.29, 0.717) is 16.3 Å². The van der Waals surface area contributed by atoms with Crippen molar-refractivity contribution in [2.24, 2.45) is 0 Å². The number of Topliss-reactive ketones (excluding diaryl/α,β-unsaturated/α-hetero) is 1. The van der Waals surface area contributed by atoms with E-state index in [1.54, 1.807) is 23.5 Å². The van der Waals surface area contributed by atoms with Gasteiger partial charge in [0.2, 0.25) is 0 Å². The zero-order valence-corrected chi connectivity index (χ0v) is 11.8. The fraction of sp³-hybridized carbons (Fsp3) is 0.462. The molecule has 1 nitrogen and oxygen atoms in total. The molecule has 0 saturated carbocycles. The third kappa shape index (κ3) is 2.88. The average molecular weight is 288 g/mol. The van der Waals surface area contributed by atoms with E-state index in [0.717, 1.165) is 18.2 Å². The lowest BCUT2D eigenvalue weighted by Gasteiger charge is -2.30. The second-order valence-corrected chi connectivity index (χ2v) is 7.35. The number of hydrogen-bond donors (Lipinski definition) is 0. The number of carbonyl (C=O) groups is 1. The molecule has 1 aromatic rings. The summed E-state index contributed by atoms with van der Waals surface area (Å²) < 4.78 is 26.6. The van der Waals surface area contributed by atoms with Crippen LogP contribution in [0, 0.1) is 11.6 Å². The van der Waals surface area contributed by atoms with Crippen molar-refractivity contribution in [3.63, 3.8) is 0 Å². The van der Waals surface area contributed by atoms with Gasteiger partial charge < -0.3 is 0 Å². The lowest BCUT2D eigenvalue weighted by atomic mass is 10.1. The highest BCUT2D eigenvalue weighted by molar-refractivity contribution is 8.08. The highest BCUT2D eigenvalue weighted by Crippen LogP contribution is 2.37. The molecular weight excluding hydrogens is 274 g/mol. The second-order valence-electron chi connectivity index (χ2n) is 4.36. The molecule has 3 unspecified atom stereocenters. The van der Waals surface area contributed by atoms with Gasteiger partial charge in [-0.25, -0.2) is 8.78 Å². The molecule has 98 valence electrons. The van der Waals surface area contributed by atoms with E-state index in [-0.39, 0.29) is 16.6 Å². The lowest BCUT2D eigenvalue weighted by Crippen LogP contribution is -2.32. The van der Waals surface area contributed by atoms with Gasteiger partial charge in [0.25, 0.3) is 0 Å². The molecule has 18 heavy (non-hydrogen) atoms. The van der Waals surface area contributed by atoms with E-state index < -0.39 is 11.6 Å². The minimum atomic E-state index is -0.640. The van der Waals surface area contributed by atoms with Crippen molar-refractivity contribution >= 4 is 29.3 Å². The summed E-state index contributed by atoms with van der Waals surface area (Å²) in [6, 6.07) is 3.03. The summed E-state index contributed by atoms with van der Waals surface area (Å²) in [5, 5.41) is 0.545. The van der Waals surface area contributed by atoms with Crippen LogP contribution in [0.15, 0.2) is 18.2 Å². The maximum Gasteiger partial charge on any atom is 0.179 e. The van der Waals surface area contributed by atoms with Gasteiger partial charge in [-0.15, -0.1) is 11.8 Å². The Kier molecular flexibility index (Phi) is 4.33. The average Bonchev–Trinajstić information content (AvgIpc) is 2.35. The van der Waals surface area contributed by atoms with Crippen LogP contribution in [0.4, 0.5) is 8.78 Å². The smallest absolute Gasteiger partial charge is 0.179 e. The Morgan fingerprint density at radius 2 is 2.00 bits per heavy atom. The Balaban J connectivity index is 2.19. The van der Waals surface area contributed by atoms with Crippen LogP contribution in [0.2, 0.25) is 0 Å². The van der Waals surface area contributed by atoms with Crippen molar-refractivity contribution in [1.82, 2.24) is 0 Å². The van der Waals surface area contributed by atoms with Crippen LogP contribution in [0.1, 0.15) is 24.2 Å². The van der Waals surface area contributed by atoms with E-state index in [9.17, 15) is 13.6 Å². The predicted octanol–water partition coefficient (Wildman–Crippen LogP) is 3.77. The van der Waals surface area contributed by atoms with Gasteiger partial charge in [-0.05, 0) is 18.2 Å². The van der Waals surface area contributed by atoms with Gasteiger partial charge in [-0.3, -0.25) is 4.79 Å². The van der Waals surface area contributed by atoms with E-state index in [1.165, 1.54) is 0 Å². The van der Waals surface area contributed by atoms with Crippen molar-refractivity contribution in [3.05, 3.63) is 35.4 Å². The maximum atomic E-state index is 13.5. The lowest BCUT2D eigenvalue weighted by molar-refractivity contribution is 0.0990. The number of carbonyl (C=O) groups excluding carboxylic acids is 1. The molecule has 1 saturated heterocycles. The zero-order chi connectivity index (χ0) is 13.3. The summed E-state index contributed by atoms with van der Waals surface area (Å²) in [4.78, 5) is 12.2. The van der Waals surface area contributed by atoms with Crippen LogP contribution in [0.25, 0.3) is 0 Å². The Morgan fingerprint density at radius 3 is 2.67 bits per heavy atom. The molecule has 1 aliphatic heterocycles. The van der Waals surface area contributed by atoms with Gasteiger partial charge >= 0.3 is 0 Å². The van der Waals surface area contributed by atoms with Gasteiger partial charge in [0, 0.05) is 16.3 Å². The first kappa shape index (κ1) is 13.9. The monoisotopic (exact) mass is 288 g/mol. The largest absolute Gasteiger partial charge is 0.293 e. The van der Waals surface area contributed by atoms with Crippen LogP contribution in [0.3, 0.4) is 0 Å². The standard InChI is InChI=1S/C13H14F2OS2/c1-7-8(2)18-12(6-17-7)13(16)10-5-9(14)3-4-11(10)15/h3-5,7-8,12H,6H2,1-2H3. The van der Waals surface area contributed by atoms with Crippen LogP contribution in [-0.2, 0) is 0 Å². The fourth-order valence-corrected chi connectivity index (χ4v) is 4.65. The Bertz CT molecular complexity index is 464. The van der Waals surface area contributed by atoms with Gasteiger partial charge in [-0.2, -0.15) is 11.8 Å². The highest BCUT2D eigenvalue weighted by atomic mass is 32.2. The number of rotatable bonds is 2. The Hall–Kier alpha value is -0.550. The van der Waals surface area contributed by atoms with E-state index in [1.807, 2.05) is 0 Å². The predicted molar refractivity (Wildman–Crippen MR) is 73.4 cm³/mol. The second kappa shape index (κ2) is 5.61. The normalized spacial score (nSPS) is 28.1. The molecule has 0 N–H and O–H groups in total. The fourth-order valence-electron chi connectivity index (χ4n) is 1.78. The number of hydrogen-bond acceptors (Lipinski definition) is 3. The minimum Gasteiger partial charge on any atom is -0.293 e. The van der Waals surface area contributed by atoms with Crippen LogP contribution in [0.5, 0.6) is 0 Å². The number of ketones is 1. The van der Waals surface area contributed by atoms with Gasteiger partial charge in [0.05, 0.1) is 10.8 Å². The summed E-state index contributed by atoms with van der Waals surface area (Å²) in [6.45, 7) is 4.18. The van der Waals surface area contributed by atoms with Crippen LogP contribution < -0.4 is 0 Å². The molecule has 1 heterocycles. The molecule has 1 aromatic carbocycles. The highest BCUT2D eigenvalue weighted by Gasteiger charge is 2.32. The number of thioether (sulfide) groups is 2. The molecule has 0 amide bonds. The first-order valence-corrected chi connectivity index (χ1v) is 7.74. The molecule has 0 aromatic heterocycles. The SMILES string of the molecule is CC1SCC(C(=O)c2cc(F)ccc2F)SC1C. The van der Waals surface area contributed by atoms with Crippen molar-refractivity contribution in [1.29, 1.82) is 0 Å². The number of halogens is 2. The zero-order valence-electron chi connectivity index (χ0n) is 10.2. The number of benzene rings is 1. The van der Waals surface area contributed by atoms with E-state index >= 15 is 0 Å². The summed E-state index contributed by atoms with van der Waals surface area (Å²) in [7, 11) is 0. The quantitative estimate of drug-likeness (QED) is 0.771. The van der Waals surface area contributed by atoms with E-state index in [4.69, 9.17) is 0 Å². The van der Waals surface area contributed by atoms with E-state index in [2.05, 4.69) is 13.8 Å². The minimum absolute atomic E-state index is 0.130. The molecule has 5 heteroatoms. The maximum absolute atomic E-state index is 13.5. The summed E-state index contributed by atoms with van der Waals surface area (Å²) >= 11 is 3.26. The molecule has 2 rings (SSSR count). The molecule has 0 aliphatic carbocycles. The third-order valence-electron chi connectivity index (χ3n) is 3.04. The third-order valence-corrected chi connectivity index (χ3v) is 6.43. The summed E-state index contributed by atoms with van der Waals surface area (Å²) in [5.74, 6) is -0.860.